The Labute approximate surface area is 155 Å². The van der Waals surface area contributed by atoms with Crippen molar-refractivity contribution >= 4 is 30.9 Å². The van der Waals surface area contributed by atoms with Gasteiger partial charge in [0.25, 0.3) is 0 Å². The summed E-state index contributed by atoms with van der Waals surface area (Å²) in [4.78, 5) is 15.8. The van der Waals surface area contributed by atoms with Crippen molar-refractivity contribution in [3.05, 3.63) is 52.9 Å². The minimum atomic E-state index is -4.12. The van der Waals surface area contributed by atoms with Crippen LogP contribution in [0.15, 0.2) is 61.5 Å². The molecule has 0 fully saturated rings. The second-order valence-electron chi connectivity index (χ2n) is 5.41. The summed E-state index contributed by atoms with van der Waals surface area (Å²) in [6, 6.07) is 10.4. The molecule has 3 rings (SSSR count). The number of aromatic nitrogens is 1. The molecule has 0 atom stereocenters. The van der Waals surface area contributed by atoms with Gasteiger partial charge in [-0.05, 0) is 38.4 Å². The maximum atomic E-state index is 12.5. The fourth-order valence-electron chi connectivity index (χ4n) is 2.41. The third kappa shape index (κ3) is 3.49. The average Bonchev–Trinajstić information content (AvgIpc) is 2.67. The van der Waals surface area contributed by atoms with E-state index in [0.29, 0.717) is 5.56 Å². The maximum absolute atomic E-state index is 12.5. The van der Waals surface area contributed by atoms with E-state index in [1.807, 2.05) is 0 Å². The van der Waals surface area contributed by atoms with Crippen LogP contribution in [0, 0.1) is 0 Å². The number of benzene rings is 2. The number of fused-ring (bicyclic) bond motifs is 1. The molecule has 9 nitrogen and oxygen atoms in total. The molecule has 11 heteroatoms. The van der Waals surface area contributed by atoms with Crippen LogP contribution in [0.3, 0.4) is 0 Å². The summed E-state index contributed by atoms with van der Waals surface area (Å²) >= 11 is 0. The third-order valence-electron chi connectivity index (χ3n) is 3.83. The molecule has 0 unspecified atom stereocenters. The molecule has 2 aromatic carbocycles. The van der Waals surface area contributed by atoms with E-state index in [0.717, 1.165) is 12.1 Å². The van der Waals surface area contributed by atoms with Crippen LogP contribution in [0.25, 0.3) is 22.4 Å². The lowest BCUT2D eigenvalue weighted by Gasteiger charge is -2.10. The molecule has 0 aliphatic rings. The van der Waals surface area contributed by atoms with E-state index in [1.54, 1.807) is 30.3 Å². The minimum Gasteiger partial charge on any atom is -0.403 e. The molecular weight excluding hydrogens is 394 g/mol. The van der Waals surface area contributed by atoms with Crippen LogP contribution in [0.5, 0.6) is 0 Å². The zero-order chi connectivity index (χ0) is 19.8. The first-order valence-corrected chi connectivity index (χ1v) is 10.6. The number of hydrogen-bond donors (Lipinski definition) is 2. The topological polar surface area (TPSA) is 135 Å². The van der Waals surface area contributed by atoms with Gasteiger partial charge in [-0.3, -0.25) is 0 Å². The first-order chi connectivity index (χ1) is 12.7. The van der Waals surface area contributed by atoms with E-state index in [-0.39, 0.29) is 16.8 Å². The second kappa shape index (κ2) is 6.85. The summed E-state index contributed by atoms with van der Waals surface area (Å²) in [7, 11) is -5.78. The van der Waals surface area contributed by atoms with Gasteiger partial charge in [-0.25, -0.2) is 36.1 Å². The molecule has 1 heterocycles. The zero-order valence-electron chi connectivity index (χ0n) is 14.3. The molecule has 0 aliphatic heterocycles. The van der Waals surface area contributed by atoms with Crippen molar-refractivity contribution in [2.24, 2.45) is 0 Å². The van der Waals surface area contributed by atoms with Crippen molar-refractivity contribution in [3.63, 3.8) is 0 Å². The fraction of sp³-hybridized carbons (Fsp3) is 0.125. The lowest BCUT2D eigenvalue weighted by atomic mass is 10.2. The summed E-state index contributed by atoms with van der Waals surface area (Å²) in [6.07, 6.45) is 0. The Morgan fingerprint density at radius 3 is 2.15 bits per heavy atom. The Morgan fingerprint density at radius 2 is 1.56 bits per heavy atom. The molecule has 0 bridgehead atoms. The standard InChI is InChI=1S/C16H15N3O6S2/c1-17-26(21,22)11-8-12-14(13(9-11)27(23,24)18-2)19-15(25-16(12)20)10-6-4-3-5-7-10/h3-9,17-18H,1-2H3. The van der Waals surface area contributed by atoms with Crippen molar-refractivity contribution in [1.29, 1.82) is 0 Å². The summed E-state index contributed by atoms with van der Waals surface area (Å²) in [5, 5.41) is -0.264. The Hall–Kier alpha value is -2.60. The Morgan fingerprint density at radius 1 is 0.926 bits per heavy atom. The van der Waals surface area contributed by atoms with E-state index in [9.17, 15) is 21.6 Å². The molecule has 27 heavy (non-hydrogen) atoms. The Bertz CT molecular complexity index is 1280. The quantitative estimate of drug-likeness (QED) is 0.632. The molecular formula is C16H15N3O6S2. The fourth-order valence-corrected chi connectivity index (χ4v) is 4.18. The highest BCUT2D eigenvalue weighted by molar-refractivity contribution is 7.90. The van der Waals surface area contributed by atoms with Gasteiger partial charge in [-0.1, -0.05) is 18.2 Å². The van der Waals surface area contributed by atoms with Crippen molar-refractivity contribution in [2.75, 3.05) is 14.1 Å². The third-order valence-corrected chi connectivity index (χ3v) is 6.65. The molecule has 142 valence electrons. The Kier molecular flexibility index (Phi) is 4.86. The van der Waals surface area contributed by atoms with E-state index >= 15 is 0 Å². The summed E-state index contributed by atoms with van der Waals surface area (Å²) < 4.78 is 58.5. The number of sulfonamides is 2. The monoisotopic (exact) mass is 409 g/mol. The molecule has 1 aromatic heterocycles. The molecule has 2 N–H and O–H groups in total. The van der Waals surface area contributed by atoms with Gasteiger partial charge >= 0.3 is 5.63 Å². The lowest BCUT2D eigenvalue weighted by Crippen LogP contribution is -2.23. The number of rotatable bonds is 5. The van der Waals surface area contributed by atoms with Gasteiger partial charge in [0, 0.05) is 5.56 Å². The van der Waals surface area contributed by atoms with Crippen molar-refractivity contribution < 1.29 is 21.3 Å². The van der Waals surface area contributed by atoms with Gasteiger partial charge in [0.1, 0.15) is 10.4 Å². The second-order valence-corrected chi connectivity index (χ2v) is 9.15. The van der Waals surface area contributed by atoms with E-state index in [4.69, 9.17) is 4.42 Å². The molecule has 0 amide bonds. The maximum Gasteiger partial charge on any atom is 0.347 e. The highest BCUT2D eigenvalue weighted by atomic mass is 32.2. The van der Waals surface area contributed by atoms with Gasteiger partial charge in [0.15, 0.2) is 0 Å². The summed E-state index contributed by atoms with van der Waals surface area (Å²) in [5.41, 5.74) is -0.620. The van der Waals surface area contributed by atoms with Crippen LogP contribution >= 0.6 is 0 Å². The molecule has 0 spiro atoms. The zero-order valence-corrected chi connectivity index (χ0v) is 15.9. The molecule has 0 radical (unpaired) electrons. The van der Waals surface area contributed by atoms with Gasteiger partial charge in [0.05, 0.1) is 10.3 Å². The SMILES string of the molecule is CNS(=O)(=O)c1cc(S(=O)(=O)NC)c2nc(-c3ccccc3)oc(=O)c2c1. The average molecular weight is 409 g/mol. The predicted octanol–water partition coefficient (Wildman–Crippen LogP) is 0.671. The normalized spacial score (nSPS) is 12.4. The van der Waals surface area contributed by atoms with Gasteiger partial charge in [-0.15, -0.1) is 0 Å². The highest BCUT2D eigenvalue weighted by Crippen LogP contribution is 2.26. The predicted molar refractivity (Wildman–Crippen MR) is 98.2 cm³/mol. The van der Waals surface area contributed by atoms with Crippen molar-refractivity contribution in [2.45, 2.75) is 9.79 Å². The van der Waals surface area contributed by atoms with Crippen molar-refractivity contribution in [3.8, 4) is 11.5 Å². The van der Waals surface area contributed by atoms with Crippen LogP contribution in [-0.4, -0.2) is 35.9 Å². The molecule has 3 aromatic rings. The number of hydrogen-bond acceptors (Lipinski definition) is 7. The van der Waals surface area contributed by atoms with Crippen LogP contribution in [-0.2, 0) is 20.0 Å². The Balaban J connectivity index is 2.46. The largest absolute Gasteiger partial charge is 0.403 e. The van der Waals surface area contributed by atoms with Crippen molar-refractivity contribution in [1.82, 2.24) is 14.4 Å². The molecule has 0 aliphatic carbocycles. The molecule has 0 saturated carbocycles. The lowest BCUT2D eigenvalue weighted by molar-refractivity contribution is 0.517. The smallest absolute Gasteiger partial charge is 0.347 e. The van der Waals surface area contributed by atoms with Crippen LogP contribution in [0.2, 0.25) is 0 Å². The van der Waals surface area contributed by atoms with Crippen LogP contribution in [0.1, 0.15) is 0 Å². The van der Waals surface area contributed by atoms with E-state index in [2.05, 4.69) is 14.4 Å². The van der Waals surface area contributed by atoms with Gasteiger partial charge in [-0.2, -0.15) is 0 Å². The van der Waals surface area contributed by atoms with Gasteiger partial charge in [0.2, 0.25) is 25.9 Å². The van der Waals surface area contributed by atoms with Crippen LogP contribution < -0.4 is 15.1 Å². The molecule has 0 saturated heterocycles. The first kappa shape index (κ1) is 19.2. The van der Waals surface area contributed by atoms with E-state index in [1.165, 1.54) is 14.1 Å². The number of nitrogens with one attached hydrogen (secondary N) is 2. The van der Waals surface area contributed by atoms with E-state index < -0.39 is 35.5 Å². The highest BCUT2D eigenvalue weighted by Gasteiger charge is 2.25. The minimum absolute atomic E-state index is 0.0788. The first-order valence-electron chi connectivity index (χ1n) is 7.61. The van der Waals surface area contributed by atoms with Gasteiger partial charge < -0.3 is 4.42 Å². The summed E-state index contributed by atoms with van der Waals surface area (Å²) in [5.74, 6) is -0.0788. The summed E-state index contributed by atoms with van der Waals surface area (Å²) in [6.45, 7) is 0. The number of nitrogens with zero attached hydrogens (tertiary/aromatic N) is 1. The van der Waals surface area contributed by atoms with Crippen LogP contribution in [0.4, 0.5) is 0 Å².